The van der Waals surface area contributed by atoms with Crippen molar-refractivity contribution in [3.8, 4) is 5.88 Å². The monoisotopic (exact) mass is 260 g/mol. The molecule has 0 aliphatic carbocycles. The summed E-state index contributed by atoms with van der Waals surface area (Å²) in [6.45, 7) is -0.0662. The van der Waals surface area contributed by atoms with Crippen LogP contribution in [0.3, 0.4) is 0 Å². The van der Waals surface area contributed by atoms with Crippen LogP contribution in [-0.2, 0) is 22.5 Å². The molecule has 100 valence electrons. The minimum absolute atomic E-state index is 0.0411. The number of alkyl halides is 2. The lowest BCUT2D eigenvalue weighted by molar-refractivity contribution is -0.139. The summed E-state index contributed by atoms with van der Waals surface area (Å²) in [5.41, 5.74) is 5.43. The van der Waals surface area contributed by atoms with Crippen LogP contribution in [0.15, 0.2) is 6.07 Å². The predicted octanol–water partition coefficient (Wildman–Crippen LogP) is 1.20. The van der Waals surface area contributed by atoms with Crippen LogP contribution in [0.1, 0.15) is 23.2 Å². The Morgan fingerprint density at radius 1 is 1.50 bits per heavy atom. The number of nitrogens with zero attached hydrogens (tertiary/aromatic N) is 1. The zero-order valence-electron chi connectivity index (χ0n) is 10.1. The van der Waals surface area contributed by atoms with Gasteiger partial charge in [-0.25, -0.2) is 13.8 Å². The van der Waals surface area contributed by atoms with Crippen LogP contribution in [0.2, 0.25) is 0 Å². The van der Waals surface area contributed by atoms with Gasteiger partial charge < -0.3 is 15.2 Å². The minimum Gasteiger partial charge on any atom is -0.481 e. The molecule has 1 aromatic heterocycles. The number of carbonyl (C=O) groups is 1. The quantitative estimate of drug-likeness (QED) is 0.805. The highest BCUT2D eigenvalue weighted by Crippen LogP contribution is 2.28. The Morgan fingerprint density at radius 2 is 2.17 bits per heavy atom. The van der Waals surface area contributed by atoms with E-state index in [2.05, 4.69) is 9.72 Å². The molecule has 1 rings (SSSR count). The van der Waals surface area contributed by atoms with Crippen LogP contribution in [0.5, 0.6) is 5.88 Å². The van der Waals surface area contributed by atoms with E-state index in [0.29, 0.717) is 0 Å². The first-order valence-corrected chi connectivity index (χ1v) is 5.15. The Balaban J connectivity index is 3.30. The molecule has 0 aliphatic heterocycles. The third kappa shape index (κ3) is 3.13. The van der Waals surface area contributed by atoms with Crippen molar-refractivity contribution in [2.24, 2.45) is 5.73 Å². The van der Waals surface area contributed by atoms with Crippen LogP contribution < -0.4 is 10.5 Å². The van der Waals surface area contributed by atoms with E-state index in [0.717, 1.165) is 6.07 Å². The van der Waals surface area contributed by atoms with Crippen molar-refractivity contribution < 1.29 is 23.0 Å². The van der Waals surface area contributed by atoms with E-state index in [-0.39, 0.29) is 35.7 Å². The molecular weight excluding hydrogens is 246 g/mol. The maximum Gasteiger partial charge on any atom is 0.310 e. The number of esters is 1. The molecule has 2 N–H and O–H groups in total. The van der Waals surface area contributed by atoms with Crippen LogP contribution in [0, 0.1) is 0 Å². The van der Waals surface area contributed by atoms with E-state index in [1.165, 1.54) is 14.2 Å². The molecule has 18 heavy (non-hydrogen) atoms. The zero-order valence-corrected chi connectivity index (χ0v) is 10.1. The van der Waals surface area contributed by atoms with Crippen LogP contribution in [0.25, 0.3) is 0 Å². The van der Waals surface area contributed by atoms with E-state index in [1.807, 2.05) is 0 Å². The molecule has 7 heteroatoms. The van der Waals surface area contributed by atoms with Gasteiger partial charge in [-0.05, 0) is 5.56 Å². The van der Waals surface area contributed by atoms with Gasteiger partial charge in [0.2, 0.25) is 5.88 Å². The number of carbonyl (C=O) groups excluding carboxylic acids is 1. The second kappa shape index (κ2) is 6.25. The number of aromatic nitrogens is 1. The first kappa shape index (κ1) is 14.3. The summed E-state index contributed by atoms with van der Waals surface area (Å²) < 4.78 is 35.2. The van der Waals surface area contributed by atoms with Gasteiger partial charge in [0.1, 0.15) is 0 Å². The molecule has 1 aromatic rings. The van der Waals surface area contributed by atoms with Crippen LogP contribution in [-0.4, -0.2) is 25.2 Å². The summed E-state index contributed by atoms with van der Waals surface area (Å²) in [6, 6.07) is 1.10. The fourth-order valence-corrected chi connectivity index (χ4v) is 1.51. The average Bonchev–Trinajstić information content (AvgIpc) is 2.38. The Bertz CT molecular complexity index is 439. The number of hydrogen-bond acceptors (Lipinski definition) is 5. The van der Waals surface area contributed by atoms with E-state index < -0.39 is 12.4 Å². The van der Waals surface area contributed by atoms with Gasteiger partial charge in [0, 0.05) is 18.2 Å². The number of rotatable bonds is 5. The molecule has 0 unspecified atom stereocenters. The van der Waals surface area contributed by atoms with Gasteiger partial charge >= 0.3 is 5.97 Å². The summed E-state index contributed by atoms with van der Waals surface area (Å²) >= 11 is 0. The Kier molecular flexibility index (Phi) is 4.96. The second-order valence-corrected chi connectivity index (χ2v) is 3.44. The van der Waals surface area contributed by atoms with E-state index in [9.17, 15) is 13.6 Å². The Morgan fingerprint density at radius 3 is 2.61 bits per heavy atom. The Labute approximate surface area is 103 Å². The number of methoxy groups -OCH3 is 2. The second-order valence-electron chi connectivity index (χ2n) is 3.44. The summed E-state index contributed by atoms with van der Waals surface area (Å²) in [4.78, 5) is 15.2. The van der Waals surface area contributed by atoms with Crippen molar-refractivity contribution in [1.29, 1.82) is 0 Å². The standard InChI is InChI=1S/C11H14F2N2O3/c1-17-9-3-7(11(12)13)6(4-10(16)18-2)8(5-14)15-9/h3,11H,4-5,14H2,1-2H3. The molecule has 0 fully saturated rings. The van der Waals surface area contributed by atoms with Gasteiger partial charge in [-0.3, -0.25) is 4.79 Å². The van der Waals surface area contributed by atoms with Gasteiger partial charge in [-0.15, -0.1) is 0 Å². The number of halogens is 2. The largest absolute Gasteiger partial charge is 0.481 e. The van der Waals surface area contributed by atoms with Crippen molar-refractivity contribution >= 4 is 5.97 Å². The molecule has 5 nitrogen and oxygen atoms in total. The van der Waals surface area contributed by atoms with Gasteiger partial charge in [0.15, 0.2) is 0 Å². The topological polar surface area (TPSA) is 74.4 Å². The molecule has 0 spiro atoms. The SMILES string of the molecule is COC(=O)Cc1c(C(F)F)cc(OC)nc1CN. The molecule has 0 amide bonds. The molecular formula is C11H14F2N2O3. The molecule has 0 saturated carbocycles. The van der Waals surface area contributed by atoms with Crippen molar-refractivity contribution in [1.82, 2.24) is 4.98 Å². The minimum atomic E-state index is -2.74. The molecule has 0 bridgehead atoms. The van der Waals surface area contributed by atoms with Gasteiger partial charge in [-0.1, -0.05) is 0 Å². The number of pyridine rings is 1. The number of hydrogen-bond donors (Lipinski definition) is 1. The molecule has 0 aliphatic rings. The van der Waals surface area contributed by atoms with Gasteiger partial charge in [-0.2, -0.15) is 0 Å². The van der Waals surface area contributed by atoms with Crippen molar-refractivity contribution in [3.63, 3.8) is 0 Å². The van der Waals surface area contributed by atoms with E-state index in [4.69, 9.17) is 10.5 Å². The van der Waals surface area contributed by atoms with E-state index in [1.54, 1.807) is 0 Å². The summed E-state index contributed by atoms with van der Waals surface area (Å²) in [5, 5.41) is 0. The highest BCUT2D eigenvalue weighted by Gasteiger charge is 2.21. The normalized spacial score (nSPS) is 10.6. The number of ether oxygens (including phenoxy) is 2. The predicted molar refractivity (Wildman–Crippen MR) is 59.4 cm³/mol. The molecule has 0 saturated heterocycles. The fourth-order valence-electron chi connectivity index (χ4n) is 1.51. The van der Waals surface area contributed by atoms with Crippen LogP contribution >= 0.6 is 0 Å². The van der Waals surface area contributed by atoms with Crippen molar-refractivity contribution in [2.45, 2.75) is 19.4 Å². The lowest BCUT2D eigenvalue weighted by Crippen LogP contribution is -2.14. The fraction of sp³-hybridized carbons (Fsp3) is 0.455. The molecule has 1 heterocycles. The smallest absolute Gasteiger partial charge is 0.310 e. The lowest BCUT2D eigenvalue weighted by Gasteiger charge is -2.13. The maximum atomic E-state index is 12.9. The lowest BCUT2D eigenvalue weighted by atomic mass is 10.0. The highest BCUT2D eigenvalue weighted by atomic mass is 19.3. The molecule has 0 radical (unpaired) electrons. The summed E-state index contributed by atoms with van der Waals surface area (Å²) in [6.07, 6.45) is -3.04. The van der Waals surface area contributed by atoms with Crippen molar-refractivity contribution in [2.75, 3.05) is 14.2 Å². The first-order valence-electron chi connectivity index (χ1n) is 5.15. The third-order valence-corrected chi connectivity index (χ3v) is 2.41. The maximum absolute atomic E-state index is 12.9. The zero-order chi connectivity index (χ0) is 13.7. The Hall–Kier alpha value is -1.76. The van der Waals surface area contributed by atoms with Crippen LogP contribution in [0.4, 0.5) is 8.78 Å². The number of nitrogens with two attached hydrogens (primary N) is 1. The van der Waals surface area contributed by atoms with Gasteiger partial charge in [0.25, 0.3) is 6.43 Å². The first-order chi connectivity index (χ1) is 8.53. The average molecular weight is 260 g/mol. The van der Waals surface area contributed by atoms with E-state index >= 15 is 0 Å². The summed E-state index contributed by atoms with van der Waals surface area (Å²) in [5.74, 6) is -0.585. The van der Waals surface area contributed by atoms with Crippen molar-refractivity contribution in [3.05, 3.63) is 22.9 Å². The molecule has 0 aromatic carbocycles. The third-order valence-electron chi connectivity index (χ3n) is 2.41. The highest BCUT2D eigenvalue weighted by molar-refractivity contribution is 5.73. The summed E-state index contributed by atoms with van der Waals surface area (Å²) in [7, 11) is 2.50. The molecule has 0 atom stereocenters. The van der Waals surface area contributed by atoms with Gasteiger partial charge in [0.05, 0.1) is 26.3 Å².